The Balaban J connectivity index is 1.69. The van der Waals surface area contributed by atoms with E-state index in [1.165, 1.54) is 5.57 Å². The monoisotopic (exact) mass is 274 g/mol. The van der Waals surface area contributed by atoms with Crippen LogP contribution >= 0.6 is 0 Å². The Morgan fingerprint density at radius 1 is 1.40 bits per heavy atom. The number of guanidine groups is 1. The van der Waals surface area contributed by atoms with Crippen molar-refractivity contribution >= 4 is 5.96 Å². The zero-order valence-corrected chi connectivity index (χ0v) is 11.9. The molecule has 1 aliphatic heterocycles. The van der Waals surface area contributed by atoms with E-state index < -0.39 is 0 Å². The lowest BCUT2D eigenvalue weighted by molar-refractivity contribution is 0.153. The number of aliphatic imine (C=N–C) groups is 1. The molecule has 0 aliphatic carbocycles. The number of hydrogen-bond acceptors (Lipinski definition) is 3. The number of nitrogens with one attached hydrogen (secondary N) is 2. The van der Waals surface area contributed by atoms with Gasteiger partial charge in [0.15, 0.2) is 5.96 Å². The molecule has 2 heterocycles. The van der Waals surface area contributed by atoms with Gasteiger partial charge in [-0.05, 0) is 25.0 Å². The SMILES string of the molecule is CN=C(NCCC1=CCOCC1)NCc1ccccn1. The van der Waals surface area contributed by atoms with Crippen LogP contribution in [-0.2, 0) is 11.3 Å². The summed E-state index contributed by atoms with van der Waals surface area (Å²) in [4.78, 5) is 8.48. The Labute approximate surface area is 120 Å². The van der Waals surface area contributed by atoms with Gasteiger partial charge in [-0.25, -0.2) is 0 Å². The van der Waals surface area contributed by atoms with Gasteiger partial charge >= 0.3 is 0 Å². The van der Waals surface area contributed by atoms with E-state index in [0.717, 1.165) is 44.3 Å². The lowest BCUT2D eigenvalue weighted by Gasteiger charge is -2.15. The Kier molecular flexibility index (Phi) is 6.05. The molecule has 2 rings (SSSR count). The summed E-state index contributed by atoms with van der Waals surface area (Å²) in [6.45, 7) is 3.16. The molecule has 1 aliphatic rings. The van der Waals surface area contributed by atoms with Crippen molar-refractivity contribution in [1.82, 2.24) is 15.6 Å². The summed E-state index contributed by atoms with van der Waals surface area (Å²) in [6.07, 6.45) is 6.05. The second-order valence-corrected chi connectivity index (χ2v) is 4.61. The van der Waals surface area contributed by atoms with Gasteiger partial charge in [0.05, 0.1) is 25.5 Å². The van der Waals surface area contributed by atoms with Crippen LogP contribution in [0.25, 0.3) is 0 Å². The van der Waals surface area contributed by atoms with E-state index in [1.807, 2.05) is 18.2 Å². The third-order valence-corrected chi connectivity index (χ3v) is 3.18. The van der Waals surface area contributed by atoms with E-state index in [2.05, 4.69) is 26.7 Å². The smallest absolute Gasteiger partial charge is 0.191 e. The Hall–Kier alpha value is -1.88. The first-order chi connectivity index (χ1) is 9.88. The largest absolute Gasteiger partial charge is 0.377 e. The van der Waals surface area contributed by atoms with Crippen molar-refractivity contribution in [2.24, 2.45) is 4.99 Å². The topological polar surface area (TPSA) is 58.5 Å². The van der Waals surface area contributed by atoms with Crippen LogP contribution in [0.4, 0.5) is 0 Å². The summed E-state index contributed by atoms with van der Waals surface area (Å²) in [7, 11) is 1.78. The van der Waals surface area contributed by atoms with Crippen LogP contribution in [0.15, 0.2) is 41.0 Å². The van der Waals surface area contributed by atoms with Crippen LogP contribution in [-0.4, -0.2) is 37.7 Å². The van der Waals surface area contributed by atoms with Gasteiger partial charge in [0, 0.05) is 19.8 Å². The molecule has 1 aromatic rings. The molecule has 5 nitrogen and oxygen atoms in total. The molecule has 0 bridgehead atoms. The molecule has 1 aromatic heterocycles. The van der Waals surface area contributed by atoms with Crippen molar-refractivity contribution < 1.29 is 4.74 Å². The summed E-state index contributed by atoms with van der Waals surface area (Å²) in [5.74, 6) is 0.809. The Morgan fingerprint density at radius 2 is 2.35 bits per heavy atom. The van der Waals surface area contributed by atoms with Gasteiger partial charge in [0.1, 0.15) is 0 Å². The molecule has 0 saturated carbocycles. The molecule has 0 fully saturated rings. The van der Waals surface area contributed by atoms with Crippen molar-refractivity contribution in [2.75, 3.05) is 26.8 Å². The van der Waals surface area contributed by atoms with E-state index in [0.29, 0.717) is 6.54 Å². The molecule has 0 atom stereocenters. The average molecular weight is 274 g/mol. The van der Waals surface area contributed by atoms with Gasteiger partial charge in [-0.1, -0.05) is 17.7 Å². The number of rotatable bonds is 5. The maximum Gasteiger partial charge on any atom is 0.191 e. The van der Waals surface area contributed by atoms with Gasteiger partial charge in [0.25, 0.3) is 0 Å². The number of nitrogens with zero attached hydrogens (tertiary/aromatic N) is 2. The third kappa shape index (κ3) is 5.01. The molecule has 0 aromatic carbocycles. The summed E-state index contributed by atoms with van der Waals surface area (Å²) < 4.78 is 5.30. The first-order valence-corrected chi connectivity index (χ1v) is 6.98. The van der Waals surface area contributed by atoms with Crippen molar-refractivity contribution in [3.8, 4) is 0 Å². The average Bonchev–Trinajstić information content (AvgIpc) is 2.52. The minimum atomic E-state index is 0.678. The lowest BCUT2D eigenvalue weighted by atomic mass is 10.1. The quantitative estimate of drug-likeness (QED) is 0.485. The predicted octanol–water partition coefficient (Wildman–Crippen LogP) is 1.48. The van der Waals surface area contributed by atoms with Crippen LogP contribution in [0.5, 0.6) is 0 Å². The van der Waals surface area contributed by atoms with Crippen molar-refractivity contribution in [3.63, 3.8) is 0 Å². The summed E-state index contributed by atoms with van der Waals surface area (Å²) in [5, 5.41) is 6.57. The summed E-state index contributed by atoms with van der Waals surface area (Å²) in [5.41, 5.74) is 2.46. The molecule has 5 heteroatoms. The lowest BCUT2D eigenvalue weighted by Crippen LogP contribution is -2.37. The van der Waals surface area contributed by atoms with Gasteiger partial charge in [-0.2, -0.15) is 0 Å². The fraction of sp³-hybridized carbons (Fsp3) is 0.467. The third-order valence-electron chi connectivity index (χ3n) is 3.18. The fourth-order valence-electron chi connectivity index (χ4n) is 2.03. The Morgan fingerprint density at radius 3 is 3.05 bits per heavy atom. The minimum Gasteiger partial charge on any atom is -0.377 e. The van der Waals surface area contributed by atoms with Crippen LogP contribution in [0.1, 0.15) is 18.5 Å². The number of pyridine rings is 1. The maximum absolute atomic E-state index is 5.30. The second kappa shape index (κ2) is 8.32. The van der Waals surface area contributed by atoms with Crippen molar-refractivity contribution in [1.29, 1.82) is 0 Å². The van der Waals surface area contributed by atoms with E-state index in [4.69, 9.17) is 4.74 Å². The molecular formula is C15H22N4O. The standard InChI is InChI=1S/C15H22N4O/c1-16-15(19-12-14-4-2-3-8-17-14)18-9-5-13-6-10-20-11-7-13/h2-4,6,8H,5,7,9-12H2,1H3,(H2,16,18,19). The van der Waals surface area contributed by atoms with Crippen molar-refractivity contribution in [2.45, 2.75) is 19.4 Å². The summed E-state index contributed by atoms with van der Waals surface area (Å²) in [6, 6.07) is 5.89. The highest BCUT2D eigenvalue weighted by Gasteiger charge is 2.04. The number of aromatic nitrogens is 1. The molecule has 2 N–H and O–H groups in total. The highest BCUT2D eigenvalue weighted by atomic mass is 16.5. The van der Waals surface area contributed by atoms with Gasteiger partial charge in [-0.3, -0.25) is 9.98 Å². The van der Waals surface area contributed by atoms with Crippen LogP contribution in [0, 0.1) is 0 Å². The molecule has 20 heavy (non-hydrogen) atoms. The van der Waals surface area contributed by atoms with Crippen molar-refractivity contribution in [3.05, 3.63) is 41.7 Å². The first-order valence-electron chi connectivity index (χ1n) is 6.98. The van der Waals surface area contributed by atoms with Gasteiger partial charge < -0.3 is 15.4 Å². The van der Waals surface area contributed by atoms with E-state index in [1.54, 1.807) is 13.2 Å². The molecule has 0 unspecified atom stereocenters. The van der Waals surface area contributed by atoms with Crippen LogP contribution in [0.2, 0.25) is 0 Å². The van der Waals surface area contributed by atoms with Gasteiger partial charge in [-0.15, -0.1) is 0 Å². The zero-order chi connectivity index (χ0) is 14.0. The molecule has 0 radical (unpaired) electrons. The number of ether oxygens (including phenoxy) is 1. The van der Waals surface area contributed by atoms with Crippen LogP contribution < -0.4 is 10.6 Å². The first kappa shape index (κ1) is 14.5. The number of hydrogen-bond donors (Lipinski definition) is 2. The van der Waals surface area contributed by atoms with E-state index in [9.17, 15) is 0 Å². The van der Waals surface area contributed by atoms with Crippen LogP contribution in [0.3, 0.4) is 0 Å². The second-order valence-electron chi connectivity index (χ2n) is 4.61. The minimum absolute atomic E-state index is 0.678. The zero-order valence-electron chi connectivity index (χ0n) is 11.9. The molecule has 0 amide bonds. The molecule has 0 spiro atoms. The molecule has 108 valence electrons. The highest BCUT2D eigenvalue weighted by Crippen LogP contribution is 2.10. The Bertz CT molecular complexity index is 456. The van der Waals surface area contributed by atoms with Gasteiger partial charge in [0.2, 0.25) is 0 Å². The molecule has 0 saturated heterocycles. The normalized spacial score (nSPS) is 15.7. The molecular weight excluding hydrogens is 252 g/mol. The predicted molar refractivity (Wildman–Crippen MR) is 80.6 cm³/mol. The fourth-order valence-corrected chi connectivity index (χ4v) is 2.03. The maximum atomic E-state index is 5.30. The van der Waals surface area contributed by atoms with E-state index >= 15 is 0 Å². The highest BCUT2D eigenvalue weighted by molar-refractivity contribution is 5.79. The van der Waals surface area contributed by atoms with E-state index in [-0.39, 0.29) is 0 Å². The summed E-state index contributed by atoms with van der Waals surface area (Å²) >= 11 is 0.